The first kappa shape index (κ1) is 21.0. The van der Waals surface area contributed by atoms with Crippen LogP contribution >= 0.6 is 11.3 Å². The summed E-state index contributed by atoms with van der Waals surface area (Å²) in [6.45, 7) is 1.39. The van der Waals surface area contributed by atoms with Crippen LogP contribution in [0.4, 0.5) is 5.69 Å². The van der Waals surface area contributed by atoms with E-state index in [-0.39, 0.29) is 10.8 Å². The Labute approximate surface area is 173 Å². The van der Waals surface area contributed by atoms with Gasteiger partial charge in [-0.1, -0.05) is 0 Å². The highest BCUT2D eigenvalue weighted by molar-refractivity contribution is 7.89. The lowest BCUT2D eigenvalue weighted by atomic mass is 10.2. The molecule has 0 radical (unpaired) electrons. The molecule has 3 aromatic rings. The number of carbonyl (C=O) groups excluding carboxylic acids is 1. The molecule has 0 bridgehead atoms. The zero-order valence-electron chi connectivity index (χ0n) is 16.6. The highest BCUT2D eigenvalue weighted by atomic mass is 32.2. The minimum absolute atomic E-state index is 0.112. The third-order valence-corrected chi connectivity index (χ3v) is 7.07. The second-order valence-electron chi connectivity index (χ2n) is 6.37. The van der Waals surface area contributed by atoms with Crippen LogP contribution in [-0.4, -0.2) is 51.9 Å². The van der Waals surface area contributed by atoms with Crippen LogP contribution in [0.5, 0.6) is 11.5 Å². The summed E-state index contributed by atoms with van der Waals surface area (Å²) in [6, 6.07) is 8.12. The molecule has 0 fully saturated rings. The summed E-state index contributed by atoms with van der Waals surface area (Å²) >= 11 is 1.36. The van der Waals surface area contributed by atoms with Gasteiger partial charge in [-0.3, -0.25) is 4.79 Å². The van der Waals surface area contributed by atoms with Gasteiger partial charge in [0.25, 0.3) is 0 Å². The topological polar surface area (TPSA) is 97.8 Å². The molecule has 0 atom stereocenters. The molecule has 0 spiro atoms. The number of sulfonamides is 1. The molecule has 2 aromatic carbocycles. The largest absolute Gasteiger partial charge is 0.493 e. The Hall–Kier alpha value is -2.69. The molecule has 0 saturated carbocycles. The number of thiazole rings is 1. The van der Waals surface area contributed by atoms with Crippen LogP contribution in [0.3, 0.4) is 0 Å². The minimum atomic E-state index is -3.65. The van der Waals surface area contributed by atoms with Crippen LogP contribution in [0.15, 0.2) is 35.2 Å². The molecule has 0 aliphatic carbocycles. The number of hydrogen-bond donors (Lipinski definition) is 1. The third kappa shape index (κ3) is 4.04. The van der Waals surface area contributed by atoms with Gasteiger partial charge in [0.1, 0.15) is 5.01 Å². The monoisotopic (exact) mass is 435 g/mol. The Morgan fingerprint density at radius 3 is 2.34 bits per heavy atom. The fraction of sp³-hybridized carbons (Fsp3) is 0.263. The predicted octanol–water partition coefficient (Wildman–Crippen LogP) is 3.19. The van der Waals surface area contributed by atoms with Gasteiger partial charge in [0, 0.05) is 38.7 Å². The average molecular weight is 436 g/mol. The predicted molar refractivity (Wildman–Crippen MR) is 113 cm³/mol. The fourth-order valence-corrected chi connectivity index (χ4v) is 4.68. The molecule has 1 N–H and O–H groups in total. The number of hydrogen-bond acceptors (Lipinski definition) is 7. The van der Waals surface area contributed by atoms with Gasteiger partial charge in [-0.25, -0.2) is 17.7 Å². The summed E-state index contributed by atoms with van der Waals surface area (Å²) in [4.78, 5) is 16.4. The van der Waals surface area contributed by atoms with Crippen LogP contribution < -0.4 is 14.8 Å². The van der Waals surface area contributed by atoms with E-state index in [1.165, 1.54) is 44.5 Å². The van der Waals surface area contributed by atoms with Gasteiger partial charge in [0.05, 0.1) is 35.0 Å². The van der Waals surface area contributed by atoms with E-state index in [9.17, 15) is 13.2 Å². The average Bonchev–Trinajstić information content (AvgIpc) is 3.08. The van der Waals surface area contributed by atoms with Gasteiger partial charge in [-0.15, -0.1) is 11.3 Å². The molecule has 154 valence electrons. The van der Waals surface area contributed by atoms with Crippen LogP contribution in [0.1, 0.15) is 6.92 Å². The lowest BCUT2D eigenvalue weighted by Crippen LogP contribution is -2.22. The molecular weight excluding hydrogens is 414 g/mol. The quantitative estimate of drug-likeness (QED) is 0.639. The van der Waals surface area contributed by atoms with Crippen LogP contribution in [-0.2, 0) is 14.8 Å². The number of carbonyl (C=O) groups is 1. The Morgan fingerprint density at radius 1 is 1.10 bits per heavy atom. The summed E-state index contributed by atoms with van der Waals surface area (Å²) in [6.07, 6.45) is 0. The number of amides is 1. The number of rotatable bonds is 6. The normalized spacial score (nSPS) is 11.7. The van der Waals surface area contributed by atoms with Crippen LogP contribution in [0.25, 0.3) is 20.8 Å². The molecule has 0 aliphatic heterocycles. The summed E-state index contributed by atoms with van der Waals surface area (Å²) in [5.41, 5.74) is 1.67. The SMILES string of the molecule is COc1cc2nc(-c3cc(S(=O)(=O)N(C)C)ccc3NC(C)=O)sc2cc1OC. The van der Waals surface area contributed by atoms with Gasteiger partial charge >= 0.3 is 0 Å². The zero-order valence-corrected chi connectivity index (χ0v) is 18.3. The van der Waals surface area contributed by atoms with E-state index in [4.69, 9.17) is 9.47 Å². The van der Waals surface area contributed by atoms with E-state index in [0.717, 1.165) is 9.01 Å². The Balaban J connectivity index is 2.23. The number of aromatic nitrogens is 1. The Morgan fingerprint density at radius 2 is 1.76 bits per heavy atom. The number of ether oxygens (including phenoxy) is 2. The number of fused-ring (bicyclic) bond motifs is 1. The Bertz CT molecular complexity index is 1150. The standard InChI is InChI=1S/C19H21N3O5S2/c1-11(23)20-14-7-6-12(29(24,25)22(2)3)8-13(14)19-21-15-9-16(26-4)17(27-5)10-18(15)28-19/h6-10H,1-5H3,(H,20,23). The van der Waals surface area contributed by atoms with Crippen molar-refractivity contribution in [2.45, 2.75) is 11.8 Å². The first-order valence-corrected chi connectivity index (χ1v) is 10.8. The molecule has 1 heterocycles. The van der Waals surface area contributed by atoms with E-state index in [1.807, 2.05) is 6.07 Å². The smallest absolute Gasteiger partial charge is 0.242 e. The second kappa shape index (κ2) is 7.97. The van der Waals surface area contributed by atoms with E-state index in [0.29, 0.717) is 33.3 Å². The van der Waals surface area contributed by atoms with Crippen molar-refractivity contribution in [2.24, 2.45) is 0 Å². The number of benzene rings is 2. The Kier molecular flexibility index (Phi) is 5.78. The highest BCUT2D eigenvalue weighted by Crippen LogP contribution is 2.40. The van der Waals surface area contributed by atoms with Crippen molar-refractivity contribution in [1.29, 1.82) is 0 Å². The second-order valence-corrected chi connectivity index (χ2v) is 9.55. The number of nitrogens with zero attached hydrogens (tertiary/aromatic N) is 2. The van der Waals surface area contributed by atoms with Crippen molar-refractivity contribution < 1.29 is 22.7 Å². The summed E-state index contributed by atoms with van der Waals surface area (Å²) in [7, 11) is 2.38. The van der Waals surface area contributed by atoms with Gasteiger partial charge in [0.15, 0.2) is 11.5 Å². The molecule has 3 rings (SSSR count). The van der Waals surface area contributed by atoms with Gasteiger partial charge in [-0.2, -0.15) is 0 Å². The lowest BCUT2D eigenvalue weighted by molar-refractivity contribution is -0.114. The maximum Gasteiger partial charge on any atom is 0.242 e. The first-order valence-electron chi connectivity index (χ1n) is 8.54. The van der Waals surface area contributed by atoms with Gasteiger partial charge in [0.2, 0.25) is 15.9 Å². The minimum Gasteiger partial charge on any atom is -0.493 e. The summed E-state index contributed by atoms with van der Waals surface area (Å²) in [5.74, 6) is 0.850. The molecule has 1 amide bonds. The number of methoxy groups -OCH3 is 2. The molecule has 0 aliphatic rings. The highest BCUT2D eigenvalue weighted by Gasteiger charge is 2.21. The molecule has 1 aromatic heterocycles. The number of anilines is 1. The molecule has 0 saturated heterocycles. The van der Waals surface area contributed by atoms with Crippen molar-refractivity contribution in [1.82, 2.24) is 9.29 Å². The first-order chi connectivity index (χ1) is 13.7. The van der Waals surface area contributed by atoms with Crippen LogP contribution in [0, 0.1) is 0 Å². The van der Waals surface area contributed by atoms with Crippen molar-refractivity contribution in [3.63, 3.8) is 0 Å². The summed E-state index contributed by atoms with van der Waals surface area (Å²) < 4.78 is 37.8. The molecule has 29 heavy (non-hydrogen) atoms. The van der Waals surface area contributed by atoms with Crippen molar-refractivity contribution in [3.05, 3.63) is 30.3 Å². The fourth-order valence-electron chi connectivity index (χ4n) is 2.74. The molecule has 10 heteroatoms. The van der Waals surface area contributed by atoms with Gasteiger partial charge in [-0.05, 0) is 18.2 Å². The van der Waals surface area contributed by atoms with E-state index in [1.54, 1.807) is 26.4 Å². The maximum absolute atomic E-state index is 12.6. The molecular formula is C19H21N3O5S2. The summed E-state index contributed by atoms with van der Waals surface area (Å²) in [5, 5.41) is 3.30. The lowest BCUT2D eigenvalue weighted by Gasteiger charge is -2.14. The van der Waals surface area contributed by atoms with E-state index >= 15 is 0 Å². The van der Waals surface area contributed by atoms with E-state index in [2.05, 4.69) is 10.3 Å². The molecule has 0 unspecified atom stereocenters. The third-order valence-electron chi connectivity index (χ3n) is 4.20. The zero-order chi connectivity index (χ0) is 21.3. The van der Waals surface area contributed by atoms with Crippen molar-refractivity contribution in [2.75, 3.05) is 33.6 Å². The molecule has 8 nitrogen and oxygen atoms in total. The maximum atomic E-state index is 12.6. The van der Waals surface area contributed by atoms with E-state index < -0.39 is 10.0 Å². The van der Waals surface area contributed by atoms with Gasteiger partial charge < -0.3 is 14.8 Å². The number of nitrogens with one attached hydrogen (secondary N) is 1. The van der Waals surface area contributed by atoms with Crippen molar-refractivity contribution >= 4 is 43.2 Å². The van der Waals surface area contributed by atoms with Crippen LogP contribution in [0.2, 0.25) is 0 Å². The van der Waals surface area contributed by atoms with Crippen molar-refractivity contribution in [3.8, 4) is 22.1 Å².